The Labute approximate surface area is 99.2 Å². The van der Waals surface area contributed by atoms with Crippen molar-refractivity contribution in [3.05, 3.63) is 30.3 Å². The third-order valence-electron chi connectivity index (χ3n) is 2.26. The van der Waals surface area contributed by atoms with Crippen molar-refractivity contribution < 1.29 is 13.2 Å². The predicted molar refractivity (Wildman–Crippen MR) is 63.1 cm³/mol. The van der Waals surface area contributed by atoms with Crippen LogP contribution in [0.2, 0.25) is 0 Å². The van der Waals surface area contributed by atoms with Crippen molar-refractivity contribution in [2.24, 2.45) is 0 Å². The normalized spacial score (nSPS) is 13.4. The van der Waals surface area contributed by atoms with Gasteiger partial charge in [-0.25, -0.2) is 0 Å². The molecule has 17 heavy (non-hydrogen) atoms. The molecule has 0 spiro atoms. The lowest BCUT2D eigenvalue weighted by Crippen LogP contribution is -2.34. The van der Waals surface area contributed by atoms with Crippen molar-refractivity contribution in [1.29, 1.82) is 0 Å². The molecular formula is C12H17F3N2. The van der Waals surface area contributed by atoms with Crippen LogP contribution in [-0.4, -0.2) is 25.3 Å². The summed E-state index contributed by atoms with van der Waals surface area (Å²) in [5.41, 5.74) is 0.970. The monoisotopic (exact) mass is 246 g/mol. The lowest BCUT2D eigenvalue weighted by Gasteiger charge is -2.16. The van der Waals surface area contributed by atoms with E-state index < -0.39 is 18.6 Å². The SMILES string of the molecule is CC(CC(F)(F)F)NCCNc1ccccc1. The van der Waals surface area contributed by atoms with E-state index in [1.807, 2.05) is 30.3 Å². The Hall–Kier alpha value is -1.23. The van der Waals surface area contributed by atoms with Crippen molar-refractivity contribution >= 4 is 5.69 Å². The molecule has 0 aromatic heterocycles. The highest BCUT2D eigenvalue weighted by Crippen LogP contribution is 2.21. The topological polar surface area (TPSA) is 24.1 Å². The zero-order valence-electron chi connectivity index (χ0n) is 9.72. The van der Waals surface area contributed by atoms with Crippen LogP contribution in [0.25, 0.3) is 0 Å². The van der Waals surface area contributed by atoms with E-state index in [1.54, 1.807) is 0 Å². The molecular weight excluding hydrogens is 229 g/mol. The maximum atomic E-state index is 12.0. The first-order valence-corrected chi connectivity index (χ1v) is 5.56. The average Bonchev–Trinajstić information content (AvgIpc) is 2.23. The van der Waals surface area contributed by atoms with Gasteiger partial charge in [-0.15, -0.1) is 0 Å². The minimum atomic E-state index is -4.10. The number of anilines is 1. The second-order valence-electron chi connectivity index (χ2n) is 3.97. The summed E-state index contributed by atoms with van der Waals surface area (Å²) < 4.78 is 36.1. The van der Waals surface area contributed by atoms with Gasteiger partial charge in [0.25, 0.3) is 0 Å². The zero-order chi connectivity index (χ0) is 12.7. The molecule has 1 atom stereocenters. The quantitative estimate of drug-likeness (QED) is 0.754. The molecule has 0 aliphatic rings. The van der Waals surface area contributed by atoms with Crippen LogP contribution >= 0.6 is 0 Å². The van der Waals surface area contributed by atoms with Crippen LogP contribution < -0.4 is 10.6 Å². The summed E-state index contributed by atoms with van der Waals surface area (Å²) in [7, 11) is 0. The van der Waals surface area contributed by atoms with Crippen molar-refractivity contribution in [2.45, 2.75) is 25.6 Å². The lowest BCUT2D eigenvalue weighted by atomic mass is 10.2. The fourth-order valence-electron chi connectivity index (χ4n) is 1.50. The van der Waals surface area contributed by atoms with Crippen molar-refractivity contribution in [3.8, 4) is 0 Å². The molecule has 0 heterocycles. The fourth-order valence-corrected chi connectivity index (χ4v) is 1.50. The number of alkyl halides is 3. The van der Waals surface area contributed by atoms with Crippen LogP contribution in [0.4, 0.5) is 18.9 Å². The molecule has 0 aliphatic carbocycles. The Bertz CT molecular complexity index is 311. The van der Waals surface area contributed by atoms with Gasteiger partial charge >= 0.3 is 6.18 Å². The van der Waals surface area contributed by atoms with E-state index in [0.717, 1.165) is 5.69 Å². The molecule has 0 saturated carbocycles. The summed E-state index contributed by atoms with van der Waals surface area (Å²) in [6, 6.07) is 9.00. The number of para-hydroxylation sites is 1. The van der Waals surface area contributed by atoms with Crippen molar-refractivity contribution in [2.75, 3.05) is 18.4 Å². The lowest BCUT2D eigenvalue weighted by molar-refractivity contribution is -0.138. The summed E-state index contributed by atoms with van der Waals surface area (Å²) in [6.07, 6.45) is -4.89. The highest BCUT2D eigenvalue weighted by Gasteiger charge is 2.29. The Morgan fingerprint density at radius 2 is 1.76 bits per heavy atom. The number of hydrogen-bond acceptors (Lipinski definition) is 2. The Kier molecular flexibility index (Phi) is 5.28. The predicted octanol–water partition coefficient (Wildman–Crippen LogP) is 3.03. The molecule has 1 rings (SSSR count). The number of benzene rings is 1. The number of nitrogens with one attached hydrogen (secondary N) is 2. The van der Waals surface area contributed by atoms with Crippen LogP contribution in [0.1, 0.15) is 13.3 Å². The minimum Gasteiger partial charge on any atom is -0.384 e. The third-order valence-corrected chi connectivity index (χ3v) is 2.26. The van der Waals surface area contributed by atoms with Crippen molar-refractivity contribution in [1.82, 2.24) is 5.32 Å². The highest BCUT2D eigenvalue weighted by atomic mass is 19.4. The van der Waals surface area contributed by atoms with Gasteiger partial charge < -0.3 is 10.6 Å². The summed E-state index contributed by atoms with van der Waals surface area (Å²) in [5, 5.41) is 5.95. The second-order valence-corrected chi connectivity index (χ2v) is 3.97. The molecule has 0 bridgehead atoms. The molecule has 0 aliphatic heterocycles. The molecule has 0 saturated heterocycles. The third kappa shape index (κ3) is 6.84. The summed E-state index contributed by atoms with van der Waals surface area (Å²) in [6.45, 7) is 2.65. The molecule has 1 aromatic rings. The zero-order valence-corrected chi connectivity index (χ0v) is 9.72. The maximum Gasteiger partial charge on any atom is 0.390 e. The Morgan fingerprint density at radius 3 is 2.35 bits per heavy atom. The van der Waals surface area contributed by atoms with Crippen molar-refractivity contribution in [3.63, 3.8) is 0 Å². The maximum absolute atomic E-state index is 12.0. The van der Waals surface area contributed by atoms with E-state index >= 15 is 0 Å². The highest BCUT2D eigenvalue weighted by molar-refractivity contribution is 5.42. The van der Waals surface area contributed by atoms with Crippen LogP contribution in [-0.2, 0) is 0 Å². The van der Waals surface area contributed by atoms with Crippen LogP contribution in [0.5, 0.6) is 0 Å². The summed E-state index contributed by atoms with van der Waals surface area (Å²) >= 11 is 0. The van der Waals surface area contributed by atoms with E-state index in [0.29, 0.717) is 13.1 Å². The van der Waals surface area contributed by atoms with Gasteiger partial charge in [-0.3, -0.25) is 0 Å². The average molecular weight is 246 g/mol. The van der Waals surface area contributed by atoms with Gasteiger partial charge in [-0.2, -0.15) is 13.2 Å². The van der Waals surface area contributed by atoms with Gasteiger partial charge in [0.1, 0.15) is 0 Å². The standard InChI is InChI=1S/C12H17F3N2/c1-10(9-12(13,14)15)16-7-8-17-11-5-3-2-4-6-11/h2-6,10,16-17H,7-9H2,1H3. The van der Waals surface area contributed by atoms with Crippen LogP contribution in [0.15, 0.2) is 30.3 Å². The molecule has 1 aromatic carbocycles. The van der Waals surface area contributed by atoms with Crippen LogP contribution in [0, 0.1) is 0 Å². The molecule has 2 nitrogen and oxygen atoms in total. The van der Waals surface area contributed by atoms with Gasteiger partial charge in [-0.05, 0) is 19.1 Å². The molecule has 0 radical (unpaired) electrons. The van der Waals surface area contributed by atoms with E-state index in [1.165, 1.54) is 6.92 Å². The second kappa shape index (κ2) is 6.49. The first kappa shape index (κ1) is 13.8. The first-order valence-electron chi connectivity index (χ1n) is 5.56. The molecule has 1 unspecified atom stereocenters. The molecule has 0 fully saturated rings. The van der Waals surface area contributed by atoms with Gasteiger partial charge in [0.15, 0.2) is 0 Å². The van der Waals surface area contributed by atoms with Gasteiger partial charge in [0.2, 0.25) is 0 Å². The molecule has 2 N–H and O–H groups in total. The van der Waals surface area contributed by atoms with Gasteiger partial charge in [0, 0.05) is 24.8 Å². The smallest absolute Gasteiger partial charge is 0.384 e. The van der Waals surface area contributed by atoms with Gasteiger partial charge in [0.05, 0.1) is 6.42 Å². The van der Waals surface area contributed by atoms with E-state index in [-0.39, 0.29) is 0 Å². The number of halogens is 3. The summed E-state index contributed by atoms with van der Waals surface area (Å²) in [4.78, 5) is 0. The van der Waals surface area contributed by atoms with E-state index in [9.17, 15) is 13.2 Å². The minimum absolute atomic E-state index is 0.506. The Morgan fingerprint density at radius 1 is 1.12 bits per heavy atom. The molecule has 5 heteroatoms. The molecule has 96 valence electrons. The molecule has 0 amide bonds. The largest absolute Gasteiger partial charge is 0.390 e. The first-order chi connectivity index (χ1) is 7.97. The summed E-state index contributed by atoms with van der Waals surface area (Å²) in [5.74, 6) is 0. The fraction of sp³-hybridized carbons (Fsp3) is 0.500. The van der Waals surface area contributed by atoms with E-state index in [4.69, 9.17) is 0 Å². The van der Waals surface area contributed by atoms with Gasteiger partial charge in [-0.1, -0.05) is 18.2 Å². The number of hydrogen-bond donors (Lipinski definition) is 2. The number of rotatable bonds is 6. The van der Waals surface area contributed by atoms with E-state index in [2.05, 4.69) is 10.6 Å². The Balaban J connectivity index is 2.12. The van der Waals surface area contributed by atoms with Crippen LogP contribution in [0.3, 0.4) is 0 Å².